The van der Waals surface area contributed by atoms with Crippen LogP contribution in [0, 0.1) is 0 Å². The highest BCUT2D eigenvalue weighted by atomic mass is 79.9. The van der Waals surface area contributed by atoms with Gasteiger partial charge in [0.1, 0.15) is 6.61 Å². The van der Waals surface area contributed by atoms with E-state index in [0.29, 0.717) is 11.2 Å². The van der Waals surface area contributed by atoms with Gasteiger partial charge in [0, 0.05) is 18.0 Å². The maximum atomic E-state index is 11.7. The predicted octanol–water partition coefficient (Wildman–Crippen LogP) is 3.06. The molecule has 0 heterocycles. The van der Waals surface area contributed by atoms with Crippen LogP contribution in [0.25, 0.3) is 0 Å². The Morgan fingerprint density at radius 2 is 1.94 bits per heavy atom. The molecule has 0 saturated carbocycles. The van der Waals surface area contributed by atoms with Crippen LogP contribution in [0.4, 0.5) is 13.2 Å². The summed E-state index contributed by atoms with van der Waals surface area (Å²) in [5, 5.41) is 0. The van der Waals surface area contributed by atoms with Gasteiger partial charge in [0.15, 0.2) is 0 Å². The first kappa shape index (κ1) is 16.2. The molecule has 0 aliphatic heterocycles. The molecule has 6 heteroatoms. The molecule has 0 radical (unpaired) electrons. The Labute approximate surface area is 103 Å². The molecule has 2 nitrogen and oxygen atoms in total. The molecule has 0 saturated heterocycles. The van der Waals surface area contributed by atoms with Crippen molar-refractivity contribution in [3.05, 3.63) is 0 Å². The van der Waals surface area contributed by atoms with Crippen LogP contribution in [-0.4, -0.2) is 49.3 Å². The van der Waals surface area contributed by atoms with Crippen molar-refractivity contribution < 1.29 is 17.9 Å². The van der Waals surface area contributed by atoms with Gasteiger partial charge >= 0.3 is 6.18 Å². The Morgan fingerprint density at radius 1 is 1.31 bits per heavy atom. The zero-order valence-electron chi connectivity index (χ0n) is 9.69. The van der Waals surface area contributed by atoms with E-state index in [1.54, 1.807) is 0 Å². The number of nitrogens with zero attached hydrogens (tertiary/aromatic N) is 1. The molecular weight excluding hydrogens is 287 g/mol. The summed E-state index contributed by atoms with van der Waals surface area (Å²) in [6.07, 6.45) is -2.56. The number of halogens is 4. The number of alkyl halides is 4. The van der Waals surface area contributed by atoms with Gasteiger partial charge in [-0.1, -0.05) is 22.9 Å². The van der Waals surface area contributed by atoms with Gasteiger partial charge in [0.25, 0.3) is 0 Å². The number of hydrogen-bond donors (Lipinski definition) is 0. The number of rotatable bonds is 8. The predicted molar refractivity (Wildman–Crippen MR) is 62.0 cm³/mol. The molecule has 0 amide bonds. The molecule has 0 bridgehead atoms. The second-order valence-corrected chi connectivity index (χ2v) is 5.46. The summed E-state index contributed by atoms with van der Waals surface area (Å²) in [5.41, 5.74) is 0. The average Bonchev–Trinajstić information content (AvgIpc) is 2.12. The summed E-state index contributed by atoms with van der Waals surface area (Å²) in [6.45, 7) is 2.78. The van der Waals surface area contributed by atoms with E-state index in [0.717, 1.165) is 19.5 Å². The average molecular weight is 306 g/mol. The minimum absolute atomic E-state index is 0.160. The molecule has 0 rings (SSSR count). The van der Waals surface area contributed by atoms with Gasteiger partial charge in [-0.25, -0.2) is 0 Å². The van der Waals surface area contributed by atoms with E-state index in [9.17, 15) is 13.2 Å². The van der Waals surface area contributed by atoms with Gasteiger partial charge in [-0.3, -0.25) is 0 Å². The maximum absolute atomic E-state index is 11.7. The second kappa shape index (κ2) is 8.31. The highest BCUT2D eigenvalue weighted by molar-refractivity contribution is 9.09. The Hall–Kier alpha value is 0.190. The van der Waals surface area contributed by atoms with Gasteiger partial charge in [-0.05, 0) is 26.4 Å². The van der Waals surface area contributed by atoms with E-state index in [2.05, 4.69) is 32.5 Å². The lowest BCUT2D eigenvalue weighted by molar-refractivity contribution is -0.174. The smallest absolute Gasteiger partial charge is 0.372 e. The molecule has 0 aliphatic rings. The van der Waals surface area contributed by atoms with Crippen LogP contribution in [-0.2, 0) is 4.74 Å². The fraction of sp³-hybridized carbons (Fsp3) is 1.00. The lowest BCUT2D eigenvalue weighted by atomic mass is 10.3. The van der Waals surface area contributed by atoms with E-state index < -0.39 is 12.8 Å². The quantitative estimate of drug-likeness (QED) is 0.505. The molecule has 0 aromatic heterocycles. The molecule has 0 N–H and O–H groups in total. The van der Waals surface area contributed by atoms with Gasteiger partial charge in [-0.15, -0.1) is 0 Å². The summed E-state index contributed by atoms with van der Waals surface area (Å²) in [5.74, 6) is 0. The lowest BCUT2D eigenvalue weighted by Crippen LogP contribution is -2.24. The van der Waals surface area contributed by atoms with Crippen LogP contribution in [0.5, 0.6) is 0 Å². The monoisotopic (exact) mass is 305 g/mol. The fourth-order valence-electron chi connectivity index (χ4n) is 1.13. The second-order valence-electron chi connectivity index (χ2n) is 3.89. The standard InChI is InChI=1S/C10H19BrF3NO/c1-9(11)4-6-15(2)5-3-7-16-8-10(12,13)14/h9H,3-8H2,1-2H3. The van der Waals surface area contributed by atoms with Crippen molar-refractivity contribution >= 4 is 15.9 Å². The lowest BCUT2D eigenvalue weighted by Gasteiger charge is -2.17. The summed E-state index contributed by atoms with van der Waals surface area (Å²) in [7, 11) is 1.96. The minimum atomic E-state index is -4.21. The molecule has 1 atom stereocenters. The SMILES string of the molecule is CC(Br)CCN(C)CCCOCC(F)(F)F. The third-order valence-electron chi connectivity index (χ3n) is 2.00. The topological polar surface area (TPSA) is 12.5 Å². The van der Waals surface area contributed by atoms with Crippen molar-refractivity contribution in [2.75, 3.05) is 33.4 Å². The fourth-order valence-corrected chi connectivity index (χ4v) is 1.34. The van der Waals surface area contributed by atoms with Crippen molar-refractivity contribution in [2.45, 2.75) is 30.8 Å². The number of hydrogen-bond acceptors (Lipinski definition) is 2. The first-order chi connectivity index (χ1) is 7.31. The first-order valence-corrected chi connectivity index (χ1v) is 6.20. The zero-order valence-corrected chi connectivity index (χ0v) is 11.3. The van der Waals surface area contributed by atoms with E-state index in [1.165, 1.54) is 0 Å². The Balaban J connectivity index is 3.31. The van der Waals surface area contributed by atoms with E-state index in [4.69, 9.17) is 0 Å². The van der Waals surface area contributed by atoms with Gasteiger partial charge in [0.2, 0.25) is 0 Å². The van der Waals surface area contributed by atoms with Crippen molar-refractivity contribution in [2.24, 2.45) is 0 Å². The molecule has 0 fully saturated rings. The first-order valence-electron chi connectivity index (χ1n) is 5.28. The Bertz CT molecular complexity index is 176. The maximum Gasteiger partial charge on any atom is 0.411 e. The Kier molecular flexibility index (Phi) is 8.40. The van der Waals surface area contributed by atoms with Crippen molar-refractivity contribution in [3.8, 4) is 0 Å². The molecular formula is C10H19BrF3NO. The van der Waals surface area contributed by atoms with Crippen LogP contribution in [0.1, 0.15) is 19.8 Å². The van der Waals surface area contributed by atoms with Crippen LogP contribution >= 0.6 is 15.9 Å². The van der Waals surface area contributed by atoms with Crippen molar-refractivity contribution in [1.29, 1.82) is 0 Å². The van der Waals surface area contributed by atoms with Crippen LogP contribution < -0.4 is 0 Å². The molecule has 0 aromatic carbocycles. The van der Waals surface area contributed by atoms with Crippen molar-refractivity contribution in [1.82, 2.24) is 4.90 Å². The molecule has 1 unspecified atom stereocenters. The summed E-state index contributed by atoms with van der Waals surface area (Å²) >= 11 is 3.44. The molecule has 16 heavy (non-hydrogen) atoms. The van der Waals surface area contributed by atoms with Gasteiger partial charge in [0.05, 0.1) is 0 Å². The minimum Gasteiger partial charge on any atom is -0.372 e. The third kappa shape index (κ3) is 12.3. The van der Waals surface area contributed by atoms with Crippen molar-refractivity contribution in [3.63, 3.8) is 0 Å². The largest absolute Gasteiger partial charge is 0.411 e. The molecule has 98 valence electrons. The van der Waals surface area contributed by atoms with Gasteiger partial charge < -0.3 is 9.64 Å². The molecule has 0 aliphatic carbocycles. The summed E-state index contributed by atoms with van der Waals surface area (Å²) in [4.78, 5) is 2.56. The zero-order chi connectivity index (χ0) is 12.6. The molecule has 0 spiro atoms. The van der Waals surface area contributed by atoms with E-state index in [1.807, 2.05) is 7.05 Å². The highest BCUT2D eigenvalue weighted by Gasteiger charge is 2.27. The normalized spacial score (nSPS) is 14.4. The Morgan fingerprint density at radius 3 is 2.44 bits per heavy atom. The van der Waals surface area contributed by atoms with Crippen LogP contribution in [0.15, 0.2) is 0 Å². The number of ether oxygens (including phenoxy) is 1. The third-order valence-corrected chi connectivity index (χ3v) is 2.46. The molecule has 0 aromatic rings. The van der Waals surface area contributed by atoms with Crippen LogP contribution in [0.2, 0.25) is 0 Å². The highest BCUT2D eigenvalue weighted by Crippen LogP contribution is 2.14. The summed E-state index contributed by atoms with van der Waals surface area (Å²) < 4.78 is 39.6. The van der Waals surface area contributed by atoms with Gasteiger partial charge in [-0.2, -0.15) is 13.2 Å². The van der Waals surface area contributed by atoms with E-state index >= 15 is 0 Å². The summed E-state index contributed by atoms with van der Waals surface area (Å²) in [6, 6.07) is 0. The van der Waals surface area contributed by atoms with Crippen LogP contribution in [0.3, 0.4) is 0 Å². The van der Waals surface area contributed by atoms with E-state index in [-0.39, 0.29) is 6.61 Å².